The van der Waals surface area contributed by atoms with Gasteiger partial charge in [0.15, 0.2) is 5.78 Å². The molecule has 0 spiro atoms. The third kappa shape index (κ3) is 3.74. The van der Waals surface area contributed by atoms with E-state index in [0.29, 0.717) is 29.7 Å². The summed E-state index contributed by atoms with van der Waals surface area (Å²) < 4.78 is 16.4. The van der Waals surface area contributed by atoms with E-state index in [9.17, 15) is 13.8 Å². The van der Waals surface area contributed by atoms with Crippen molar-refractivity contribution in [1.82, 2.24) is 5.32 Å². The minimum atomic E-state index is -0.976. The molecular weight excluding hydrogens is 314 g/mol. The van der Waals surface area contributed by atoms with Gasteiger partial charge < -0.3 is 10.1 Å². The van der Waals surface area contributed by atoms with Crippen molar-refractivity contribution < 1.29 is 18.5 Å². The summed E-state index contributed by atoms with van der Waals surface area (Å²) in [4.78, 5) is 24.9. The summed E-state index contributed by atoms with van der Waals surface area (Å²) in [6.07, 6.45) is 3.38. The zero-order valence-electron chi connectivity index (χ0n) is 14.4. The third-order valence-electron chi connectivity index (χ3n) is 4.46. The van der Waals surface area contributed by atoms with Gasteiger partial charge in [0.1, 0.15) is 0 Å². The van der Waals surface area contributed by atoms with Crippen LogP contribution >= 0.6 is 0 Å². The lowest BCUT2D eigenvalue weighted by Crippen LogP contribution is -2.39. The predicted molar refractivity (Wildman–Crippen MR) is 89.9 cm³/mol. The van der Waals surface area contributed by atoms with Crippen LogP contribution in [0.4, 0.5) is 0 Å². The van der Waals surface area contributed by atoms with Crippen LogP contribution in [-0.2, 0) is 25.1 Å². The maximum absolute atomic E-state index is 12.7. The molecule has 0 saturated carbocycles. The summed E-state index contributed by atoms with van der Waals surface area (Å²) >= 11 is 0. The molecule has 0 amide bonds. The quantitative estimate of drug-likeness (QED) is 0.794. The van der Waals surface area contributed by atoms with Crippen molar-refractivity contribution in [3.05, 3.63) is 22.5 Å². The van der Waals surface area contributed by atoms with Crippen molar-refractivity contribution >= 4 is 22.6 Å². The van der Waals surface area contributed by atoms with E-state index in [1.54, 1.807) is 6.26 Å². The molecular formula is C17H25NO4S. The Bertz CT molecular complexity index is 631. The van der Waals surface area contributed by atoms with Crippen LogP contribution in [0.25, 0.3) is 0 Å². The molecule has 0 aromatic carbocycles. The fourth-order valence-corrected chi connectivity index (χ4v) is 4.10. The van der Waals surface area contributed by atoms with Crippen molar-refractivity contribution in [3.8, 4) is 0 Å². The molecule has 2 aliphatic rings. The lowest BCUT2D eigenvalue weighted by molar-refractivity contribution is -0.136. The van der Waals surface area contributed by atoms with Crippen molar-refractivity contribution in [1.29, 1.82) is 0 Å². The number of esters is 1. The Labute approximate surface area is 140 Å². The number of allylic oxidation sites excluding steroid dienone is 3. The Kier molecular flexibility index (Phi) is 5.14. The molecule has 0 radical (unpaired) electrons. The van der Waals surface area contributed by atoms with E-state index in [-0.39, 0.29) is 17.1 Å². The summed E-state index contributed by atoms with van der Waals surface area (Å²) in [5.41, 5.74) is 2.71. The van der Waals surface area contributed by atoms with Crippen LogP contribution < -0.4 is 5.32 Å². The van der Waals surface area contributed by atoms with Gasteiger partial charge in [-0.2, -0.15) is 0 Å². The van der Waals surface area contributed by atoms with Crippen molar-refractivity contribution in [2.75, 3.05) is 19.1 Å². The first kappa shape index (κ1) is 17.9. The van der Waals surface area contributed by atoms with E-state index >= 15 is 0 Å². The molecule has 0 aromatic heterocycles. The smallest absolute Gasteiger partial charge is 0.336 e. The molecule has 128 valence electrons. The van der Waals surface area contributed by atoms with Crippen LogP contribution in [0.5, 0.6) is 0 Å². The van der Waals surface area contributed by atoms with Crippen molar-refractivity contribution in [3.63, 3.8) is 0 Å². The second kappa shape index (κ2) is 6.59. The van der Waals surface area contributed by atoms with Crippen LogP contribution in [0, 0.1) is 11.3 Å². The average molecular weight is 339 g/mol. The molecule has 5 nitrogen and oxygen atoms in total. The Balaban J connectivity index is 2.47. The van der Waals surface area contributed by atoms with Gasteiger partial charge in [-0.05, 0) is 25.2 Å². The van der Waals surface area contributed by atoms with Gasteiger partial charge in [0, 0.05) is 52.1 Å². The summed E-state index contributed by atoms with van der Waals surface area (Å²) in [7, 11) is 0.364. The summed E-state index contributed by atoms with van der Waals surface area (Å²) in [5, 5.41) is 3.25. The van der Waals surface area contributed by atoms with E-state index < -0.39 is 16.8 Å². The molecule has 0 bridgehead atoms. The van der Waals surface area contributed by atoms with Gasteiger partial charge in [-0.25, -0.2) is 4.79 Å². The highest BCUT2D eigenvalue weighted by molar-refractivity contribution is 7.84. The molecule has 1 aliphatic carbocycles. The number of carbonyl (C=O) groups is 2. The van der Waals surface area contributed by atoms with Crippen molar-refractivity contribution in [2.45, 2.75) is 40.0 Å². The molecule has 2 atom stereocenters. The number of hydrogen-bond donors (Lipinski definition) is 1. The van der Waals surface area contributed by atoms with Gasteiger partial charge in [0.2, 0.25) is 0 Å². The lowest BCUT2D eigenvalue weighted by Gasteiger charge is -2.39. The van der Waals surface area contributed by atoms with E-state index in [4.69, 9.17) is 4.74 Å². The molecule has 23 heavy (non-hydrogen) atoms. The molecule has 1 aliphatic heterocycles. The number of nitrogens with one attached hydrogen (secondary N) is 1. The van der Waals surface area contributed by atoms with Crippen LogP contribution in [0.2, 0.25) is 0 Å². The van der Waals surface area contributed by atoms with E-state index in [1.165, 1.54) is 7.11 Å². The van der Waals surface area contributed by atoms with Crippen LogP contribution in [0.1, 0.15) is 40.0 Å². The standard InChI is InChI=1S/C17H25NO4S/c1-10-14(16(20)22-4)11(6-7-23(5)21)15-12(18-10)8-17(2,3)9-13(15)19/h11,18H,6-9H2,1-5H3. The van der Waals surface area contributed by atoms with Crippen LogP contribution in [0.15, 0.2) is 22.5 Å². The second-order valence-electron chi connectivity index (χ2n) is 7.11. The predicted octanol–water partition coefficient (Wildman–Crippen LogP) is 2.06. The van der Waals surface area contributed by atoms with Gasteiger partial charge in [-0.1, -0.05) is 13.8 Å². The minimum absolute atomic E-state index is 0.0736. The fraction of sp³-hybridized carbons (Fsp3) is 0.647. The first-order valence-corrected chi connectivity index (χ1v) is 9.51. The highest BCUT2D eigenvalue weighted by Crippen LogP contribution is 2.43. The number of hydrogen-bond acceptors (Lipinski definition) is 5. The third-order valence-corrected chi connectivity index (χ3v) is 5.27. The Morgan fingerprint density at radius 2 is 2.04 bits per heavy atom. The molecule has 1 N–H and O–H groups in total. The molecule has 6 heteroatoms. The highest BCUT2D eigenvalue weighted by Gasteiger charge is 2.42. The number of rotatable bonds is 4. The zero-order chi connectivity index (χ0) is 17.4. The van der Waals surface area contributed by atoms with Gasteiger partial charge in [-0.15, -0.1) is 0 Å². The Morgan fingerprint density at radius 3 is 2.61 bits per heavy atom. The summed E-state index contributed by atoms with van der Waals surface area (Å²) in [6, 6.07) is 0. The first-order valence-electron chi connectivity index (χ1n) is 7.78. The minimum Gasteiger partial charge on any atom is -0.466 e. The number of carbonyl (C=O) groups excluding carboxylic acids is 2. The van der Waals surface area contributed by atoms with Crippen LogP contribution in [0.3, 0.4) is 0 Å². The fourth-order valence-electron chi connectivity index (χ4n) is 3.53. The van der Waals surface area contributed by atoms with Gasteiger partial charge >= 0.3 is 5.97 Å². The topological polar surface area (TPSA) is 72.5 Å². The molecule has 0 saturated heterocycles. The molecule has 1 heterocycles. The average Bonchev–Trinajstić information content (AvgIpc) is 2.41. The maximum atomic E-state index is 12.7. The van der Waals surface area contributed by atoms with E-state index in [2.05, 4.69) is 19.2 Å². The molecule has 0 aromatic rings. The first-order chi connectivity index (χ1) is 10.7. The number of ketones is 1. The SMILES string of the molecule is COC(=O)C1=C(C)NC2=C(C(=O)CC(C)(C)C2)C1CCS(C)=O. The maximum Gasteiger partial charge on any atom is 0.336 e. The zero-order valence-corrected chi connectivity index (χ0v) is 15.3. The van der Waals surface area contributed by atoms with E-state index in [1.807, 2.05) is 6.92 Å². The lowest BCUT2D eigenvalue weighted by atomic mass is 9.69. The highest BCUT2D eigenvalue weighted by atomic mass is 32.2. The largest absolute Gasteiger partial charge is 0.466 e. The molecule has 2 rings (SSSR count). The van der Waals surface area contributed by atoms with Gasteiger partial charge in [0.05, 0.1) is 12.7 Å². The number of ether oxygens (including phenoxy) is 1. The number of Topliss-reactive ketones (excluding diaryl/α,β-unsaturated/α-hetero) is 1. The Morgan fingerprint density at radius 1 is 1.39 bits per heavy atom. The van der Waals surface area contributed by atoms with E-state index in [0.717, 1.165) is 17.8 Å². The molecule has 0 fully saturated rings. The summed E-state index contributed by atoms with van der Waals surface area (Å²) in [5.74, 6) is -0.229. The van der Waals surface area contributed by atoms with Crippen LogP contribution in [-0.4, -0.2) is 35.1 Å². The van der Waals surface area contributed by atoms with Crippen molar-refractivity contribution in [2.24, 2.45) is 11.3 Å². The normalized spacial score (nSPS) is 24.9. The van der Waals surface area contributed by atoms with Gasteiger partial charge in [0.25, 0.3) is 0 Å². The molecule has 2 unspecified atom stereocenters. The summed E-state index contributed by atoms with van der Waals surface area (Å²) in [6.45, 7) is 5.97. The van der Waals surface area contributed by atoms with Gasteiger partial charge in [-0.3, -0.25) is 9.00 Å². The second-order valence-corrected chi connectivity index (χ2v) is 8.66. The number of methoxy groups -OCH3 is 1. The Hall–Kier alpha value is -1.43. The monoisotopic (exact) mass is 339 g/mol. The number of dihydropyridines is 1.